The molecular formula is C18H20N7+. The number of nitrogens with zero attached hydrogens (tertiary/aromatic N) is 7. The van der Waals surface area contributed by atoms with Crippen LogP contribution < -0.4 is 10.2 Å². The first-order valence-electron chi connectivity index (χ1n) is 7.85. The second-order valence-corrected chi connectivity index (χ2v) is 5.63. The Morgan fingerprint density at radius 3 is 2.20 bits per heavy atom. The van der Waals surface area contributed by atoms with Gasteiger partial charge in [0.25, 0.3) is 0 Å². The average Bonchev–Trinajstić information content (AvgIpc) is 2.95. The molecule has 0 aliphatic heterocycles. The molecule has 0 aliphatic carbocycles. The standard InChI is InChI=1S/C18H20N7/c1-23-11-9-16(10-12-23)19-20-17(15-7-5-4-6-8-15)21-22-18-24(2)13-14-25(18)3/h4-14H,1-3H3/q+1. The third-order valence-corrected chi connectivity index (χ3v) is 3.63. The van der Waals surface area contributed by atoms with Gasteiger partial charge in [0.05, 0.1) is 5.69 Å². The highest BCUT2D eigenvalue weighted by atomic mass is 15.3. The largest absolute Gasteiger partial charge is 0.319 e. The van der Waals surface area contributed by atoms with Crippen LogP contribution in [0.3, 0.4) is 0 Å². The molecule has 0 radical (unpaired) electrons. The summed E-state index contributed by atoms with van der Waals surface area (Å²) in [5, 5.41) is 17.2. The molecule has 126 valence electrons. The molecule has 0 atom stereocenters. The Labute approximate surface area is 145 Å². The summed E-state index contributed by atoms with van der Waals surface area (Å²) < 4.78 is 5.72. The average molecular weight is 334 g/mol. The summed E-state index contributed by atoms with van der Waals surface area (Å²) in [6.07, 6.45) is 7.67. The van der Waals surface area contributed by atoms with E-state index in [-0.39, 0.29) is 0 Å². The van der Waals surface area contributed by atoms with E-state index in [4.69, 9.17) is 0 Å². The number of benzene rings is 1. The number of imidazole rings is 1. The Morgan fingerprint density at radius 1 is 0.920 bits per heavy atom. The Kier molecular flexibility index (Phi) is 4.94. The van der Waals surface area contributed by atoms with Crippen LogP contribution in [0.2, 0.25) is 0 Å². The fourth-order valence-electron chi connectivity index (χ4n) is 2.20. The molecule has 7 nitrogen and oxygen atoms in total. The van der Waals surface area contributed by atoms with Crippen molar-refractivity contribution in [1.29, 1.82) is 0 Å². The molecule has 3 rings (SSSR count). The van der Waals surface area contributed by atoms with Gasteiger partial charge in [-0.3, -0.25) is 0 Å². The minimum absolute atomic E-state index is 0.454. The summed E-state index contributed by atoms with van der Waals surface area (Å²) in [5.74, 6) is 0.454. The summed E-state index contributed by atoms with van der Waals surface area (Å²) in [4.78, 5) is 0. The van der Waals surface area contributed by atoms with Crippen LogP contribution in [0, 0.1) is 0 Å². The molecule has 25 heavy (non-hydrogen) atoms. The Morgan fingerprint density at radius 2 is 1.56 bits per heavy atom. The zero-order chi connectivity index (χ0) is 17.6. The molecule has 0 amide bonds. The highest BCUT2D eigenvalue weighted by Gasteiger charge is 2.03. The topological polar surface area (TPSA) is 63.2 Å². The summed E-state index contributed by atoms with van der Waals surface area (Å²) >= 11 is 0. The van der Waals surface area contributed by atoms with Crippen LogP contribution in [0.5, 0.6) is 0 Å². The number of hydrogen-bond acceptors (Lipinski definition) is 3. The van der Waals surface area contributed by atoms with Gasteiger partial charge in [-0.15, -0.1) is 20.4 Å². The van der Waals surface area contributed by atoms with Gasteiger partial charge in [0, 0.05) is 44.2 Å². The highest BCUT2D eigenvalue weighted by Crippen LogP contribution is 2.11. The maximum Gasteiger partial charge on any atom is 0.229 e. The molecule has 2 aromatic heterocycles. The monoisotopic (exact) mass is 334 g/mol. The minimum atomic E-state index is 0.454. The number of rotatable bonds is 3. The van der Waals surface area contributed by atoms with E-state index < -0.39 is 0 Å². The van der Waals surface area contributed by atoms with Gasteiger partial charge in [0.1, 0.15) is 7.05 Å². The lowest BCUT2D eigenvalue weighted by atomic mass is 10.2. The smallest absolute Gasteiger partial charge is 0.229 e. The predicted molar refractivity (Wildman–Crippen MR) is 95.1 cm³/mol. The van der Waals surface area contributed by atoms with E-state index in [0.717, 1.165) is 16.9 Å². The summed E-state index contributed by atoms with van der Waals surface area (Å²) in [6.45, 7) is 0. The molecule has 7 heteroatoms. The van der Waals surface area contributed by atoms with Crippen molar-refractivity contribution in [3.63, 3.8) is 0 Å². The maximum atomic E-state index is 4.33. The van der Waals surface area contributed by atoms with Crippen molar-refractivity contribution >= 4 is 11.5 Å². The molecule has 1 aromatic carbocycles. The molecule has 0 bridgehead atoms. The van der Waals surface area contributed by atoms with Gasteiger partial charge < -0.3 is 9.13 Å². The summed E-state index contributed by atoms with van der Waals surface area (Å²) in [5.41, 5.74) is 2.33. The second kappa shape index (κ2) is 7.48. The van der Waals surface area contributed by atoms with Crippen molar-refractivity contribution in [2.45, 2.75) is 0 Å². The maximum absolute atomic E-state index is 4.33. The van der Waals surface area contributed by atoms with Crippen LogP contribution in [0.4, 0.5) is 5.69 Å². The molecule has 0 saturated heterocycles. The summed E-state index contributed by atoms with van der Waals surface area (Å²) in [7, 11) is 5.79. The lowest BCUT2D eigenvalue weighted by molar-refractivity contribution is -0.671. The predicted octanol–water partition coefficient (Wildman–Crippen LogP) is 2.23. The van der Waals surface area contributed by atoms with Crippen molar-refractivity contribution in [2.75, 3.05) is 0 Å². The molecular weight excluding hydrogens is 314 g/mol. The molecule has 2 heterocycles. The molecule has 0 saturated carbocycles. The van der Waals surface area contributed by atoms with Crippen LogP contribution in [-0.4, -0.2) is 15.0 Å². The molecule has 0 spiro atoms. The fourth-order valence-corrected chi connectivity index (χ4v) is 2.20. The van der Waals surface area contributed by atoms with Crippen LogP contribution in [0.15, 0.2) is 87.7 Å². The number of pyridine rings is 1. The zero-order valence-corrected chi connectivity index (χ0v) is 14.5. The van der Waals surface area contributed by atoms with Gasteiger partial charge in [-0.05, 0) is 0 Å². The van der Waals surface area contributed by atoms with E-state index in [9.17, 15) is 0 Å². The van der Waals surface area contributed by atoms with Crippen LogP contribution >= 0.6 is 0 Å². The summed E-state index contributed by atoms with van der Waals surface area (Å²) in [6, 6.07) is 13.5. The van der Waals surface area contributed by atoms with Crippen molar-refractivity contribution in [3.05, 3.63) is 78.4 Å². The third kappa shape index (κ3) is 4.14. The van der Waals surface area contributed by atoms with Crippen LogP contribution in [0.25, 0.3) is 0 Å². The zero-order valence-electron chi connectivity index (χ0n) is 14.5. The third-order valence-electron chi connectivity index (χ3n) is 3.63. The van der Waals surface area contributed by atoms with Gasteiger partial charge in [0.2, 0.25) is 11.5 Å². The lowest BCUT2D eigenvalue weighted by Gasteiger charge is -1.98. The van der Waals surface area contributed by atoms with Gasteiger partial charge in [0.15, 0.2) is 12.4 Å². The van der Waals surface area contributed by atoms with E-state index in [2.05, 4.69) is 20.4 Å². The lowest BCUT2D eigenvalue weighted by Crippen LogP contribution is -2.25. The van der Waals surface area contributed by atoms with Gasteiger partial charge >= 0.3 is 0 Å². The van der Waals surface area contributed by atoms with Gasteiger partial charge in [-0.1, -0.05) is 30.3 Å². The second-order valence-electron chi connectivity index (χ2n) is 5.63. The minimum Gasteiger partial charge on any atom is -0.319 e. The number of amidine groups is 1. The van der Waals surface area contributed by atoms with Crippen LogP contribution in [0.1, 0.15) is 5.56 Å². The molecule has 3 aromatic rings. The Bertz CT molecular complexity index is 938. The van der Waals surface area contributed by atoms with Gasteiger partial charge in [-0.25, -0.2) is 4.57 Å². The molecule has 0 fully saturated rings. The Hall–Kier alpha value is -3.35. The van der Waals surface area contributed by atoms with Crippen molar-refractivity contribution in [3.8, 4) is 0 Å². The van der Waals surface area contributed by atoms with Crippen molar-refractivity contribution in [2.24, 2.45) is 41.6 Å². The van der Waals surface area contributed by atoms with E-state index in [1.54, 1.807) is 0 Å². The molecule has 0 unspecified atom stereocenters. The normalized spacial score (nSPS) is 11.9. The van der Waals surface area contributed by atoms with Gasteiger partial charge in [-0.2, -0.15) is 0 Å². The SMILES string of the molecule is Cn1ccn(C)c1=N/N=C(/N=Nc1cc[n+](C)cc1)c1ccccc1. The number of aromatic nitrogens is 3. The Balaban J connectivity index is 2.00. The van der Waals surface area contributed by atoms with E-state index >= 15 is 0 Å². The van der Waals surface area contributed by atoms with Crippen LogP contribution in [-0.2, 0) is 21.1 Å². The quantitative estimate of drug-likeness (QED) is 0.232. The number of azo groups is 1. The first-order chi connectivity index (χ1) is 12.1. The fraction of sp³-hybridized carbons (Fsp3) is 0.167. The number of aryl methyl sites for hydroxylation is 3. The molecule has 0 aliphatic rings. The van der Waals surface area contributed by atoms with Crippen molar-refractivity contribution in [1.82, 2.24) is 9.13 Å². The van der Waals surface area contributed by atoms with E-state index in [1.165, 1.54) is 0 Å². The van der Waals surface area contributed by atoms with E-state index in [0.29, 0.717) is 5.84 Å². The first kappa shape index (κ1) is 16.5. The molecule has 0 N–H and O–H groups in total. The van der Waals surface area contributed by atoms with E-state index in [1.807, 2.05) is 102 Å². The highest BCUT2D eigenvalue weighted by molar-refractivity contribution is 5.99. The van der Waals surface area contributed by atoms with Crippen molar-refractivity contribution < 1.29 is 4.57 Å². The first-order valence-corrected chi connectivity index (χ1v) is 7.85. The number of hydrogen-bond donors (Lipinski definition) is 0.